The highest BCUT2D eigenvalue weighted by Crippen LogP contribution is 2.15. The molecule has 1 N–H and O–H groups in total. The molecule has 1 amide bonds. The van der Waals surface area contributed by atoms with Crippen LogP contribution in [0.4, 0.5) is 0 Å². The smallest absolute Gasteiger partial charge is 0.263 e. The van der Waals surface area contributed by atoms with Crippen LogP contribution in [0.2, 0.25) is 0 Å². The van der Waals surface area contributed by atoms with Gasteiger partial charge in [0.25, 0.3) is 11.5 Å². The van der Waals surface area contributed by atoms with E-state index in [4.69, 9.17) is 0 Å². The quantitative estimate of drug-likeness (QED) is 0.941. The first-order chi connectivity index (χ1) is 10.3. The molecule has 0 atom stereocenters. The van der Waals surface area contributed by atoms with Gasteiger partial charge in [-0.1, -0.05) is 31.5 Å². The lowest BCUT2D eigenvalue weighted by Crippen LogP contribution is -2.43. The average Bonchev–Trinajstić information content (AvgIpc) is 2.44. The molecule has 0 aliphatic heterocycles. The number of nitrogens with one attached hydrogen (secondary N) is 1. The molecule has 0 saturated carbocycles. The number of benzene rings is 1. The fraction of sp³-hybridized carbons (Fsp3) is 0.444. The van der Waals surface area contributed by atoms with Gasteiger partial charge in [0.2, 0.25) is 0 Å². The molecule has 2 rings (SSSR count). The number of fused-ring (bicyclic) bond motifs is 1. The molecule has 1 heterocycles. The van der Waals surface area contributed by atoms with Crippen molar-refractivity contribution in [2.75, 3.05) is 0 Å². The minimum Gasteiger partial charge on any atom is -0.347 e. The van der Waals surface area contributed by atoms with Crippen molar-refractivity contribution in [2.24, 2.45) is 0 Å². The van der Waals surface area contributed by atoms with Crippen molar-refractivity contribution in [3.05, 3.63) is 46.2 Å². The van der Waals surface area contributed by atoms with E-state index in [1.165, 1.54) is 0 Å². The second-order valence-electron chi connectivity index (χ2n) is 6.63. The summed E-state index contributed by atoms with van der Waals surface area (Å²) in [4.78, 5) is 25.1. The van der Waals surface area contributed by atoms with Gasteiger partial charge in [-0.3, -0.25) is 9.59 Å². The molecule has 0 bridgehead atoms. The maximum Gasteiger partial charge on any atom is 0.263 e. The molecular formula is C18H24N2O2. The molecule has 0 aliphatic carbocycles. The topological polar surface area (TPSA) is 51.1 Å². The van der Waals surface area contributed by atoms with E-state index in [2.05, 4.69) is 12.2 Å². The number of hydrogen-bond acceptors (Lipinski definition) is 2. The third-order valence-electron chi connectivity index (χ3n) is 3.47. The zero-order chi connectivity index (χ0) is 16.3. The van der Waals surface area contributed by atoms with E-state index in [-0.39, 0.29) is 22.6 Å². The Morgan fingerprint density at radius 3 is 2.55 bits per heavy atom. The van der Waals surface area contributed by atoms with Gasteiger partial charge in [-0.2, -0.15) is 0 Å². The summed E-state index contributed by atoms with van der Waals surface area (Å²) < 4.78 is 1.72. The van der Waals surface area contributed by atoms with Gasteiger partial charge in [0.1, 0.15) is 5.56 Å². The molecule has 22 heavy (non-hydrogen) atoms. The highest BCUT2D eigenvalue weighted by atomic mass is 16.2. The van der Waals surface area contributed by atoms with E-state index in [1.54, 1.807) is 10.6 Å². The number of pyridine rings is 1. The van der Waals surface area contributed by atoms with E-state index < -0.39 is 0 Å². The zero-order valence-corrected chi connectivity index (χ0v) is 13.8. The number of nitrogens with zero attached hydrogens (tertiary/aromatic N) is 1. The highest BCUT2D eigenvalue weighted by molar-refractivity contribution is 5.97. The molecule has 2 aromatic rings. The molecule has 0 saturated heterocycles. The van der Waals surface area contributed by atoms with Crippen LogP contribution in [0, 0.1) is 0 Å². The molecule has 0 aliphatic rings. The number of hydrogen-bond donors (Lipinski definition) is 1. The first-order valence-corrected chi connectivity index (χ1v) is 7.78. The molecule has 0 unspecified atom stereocenters. The number of amides is 1. The van der Waals surface area contributed by atoms with E-state index >= 15 is 0 Å². The predicted octanol–water partition coefficient (Wildman–Crippen LogP) is 3.33. The number of rotatable bonds is 4. The van der Waals surface area contributed by atoms with Crippen molar-refractivity contribution in [3.8, 4) is 0 Å². The van der Waals surface area contributed by atoms with Crippen LogP contribution in [-0.2, 0) is 6.54 Å². The predicted molar refractivity (Wildman–Crippen MR) is 90.3 cm³/mol. The summed E-state index contributed by atoms with van der Waals surface area (Å²) in [5.41, 5.74) is 0.510. The van der Waals surface area contributed by atoms with Crippen molar-refractivity contribution in [3.63, 3.8) is 0 Å². The number of carbonyl (C=O) groups is 1. The minimum absolute atomic E-state index is 0.213. The normalized spacial score (nSPS) is 11.6. The number of unbranched alkanes of at least 4 members (excludes halogenated alkanes) is 1. The Morgan fingerprint density at radius 1 is 1.23 bits per heavy atom. The van der Waals surface area contributed by atoms with Crippen molar-refractivity contribution >= 4 is 16.8 Å². The van der Waals surface area contributed by atoms with Gasteiger partial charge in [-0.25, -0.2) is 0 Å². The van der Waals surface area contributed by atoms with E-state index in [0.717, 1.165) is 23.7 Å². The van der Waals surface area contributed by atoms with Crippen LogP contribution in [0.5, 0.6) is 0 Å². The third-order valence-corrected chi connectivity index (χ3v) is 3.47. The van der Waals surface area contributed by atoms with Gasteiger partial charge in [-0.05, 0) is 44.7 Å². The fourth-order valence-corrected chi connectivity index (χ4v) is 2.44. The van der Waals surface area contributed by atoms with Crippen molar-refractivity contribution < 1.29 is 4.79 Å². The highest BCUT2D eigenvalue weighted by Gasteiger charge is 2.20. The van der Waals surface area contributed by atoms with Gasteiger partial charge in [0, 0.05) is 12.1 Å². The number of aryl methyl sites for hydroxylation is 1. The summed E-state index contributed by atoms with van der Waals surface area (Å²) in [6, 6.07) is 9.39. The van der Waals surface area contributed by atoms with Crippen molar-refractivity contribution in [1.82, 2.24) is 9.88 Å². The van der Waals surface area contributed by atoms with Crippen LogP contribution in [0.15, 0.2) is 35.1 Å². The Hall–Kier alpha value is -2.10. The van der Waals surface area contributed by atoms with Crippen LogP contribution in [-0.4, -0.2) is 16.0 Å². The number of para-hydroxylation sites is 1. The standard InChI is InChI=1S/C18H24N2O2/c1-5-6-11-20-15-10-8-7-9-13(15)12-14(17(20)22)16(21)19-18(2,3)4/h7-10,12H,5-6,11H2,1-4H3,(H,19,21). The average molecular weight is 300 g/mol. The number of carbonyl (C=O) groups excluding carboxylic acids is 1. The van der Waals surface area contributed by atoms with E-state index in [1.807, 2.05) is 45.0 Å². The van der Waals surface area contributed by atoms with Crippen molar-refractivity contribution in [1.29, 1.82) is 0 Å². The van der Waals surface area contributed by atoms with Gasteiger partial charge in [-0.15, -0.1) is 0 Å². The monoisotopic (exact) mass is 300 g/mol. The molecule has 1 aromatic heterocycles. The van der Waals surface area contributed by atoms with Crippen molar-refractivity contribution in [2.45, 2.75) is 52.6 Å². The second-order valence-corrected chi connectivity index (χ2v) is 6.63. The maximum atomic E-state index is 12.7. The van der Waals surface area contributed by atoms with Gasteiger partial charge >= 0.3 is 0 Å². The number of aromatic nitrogens is 1. The lowest BCUT2D eigenvalue weighted by atomic mass is 10.1. The Balaban J connectivity index is 2.58. The Kier molecular flexibility index (Phi) is 4.69. The molecule has 0 fully saturated rings. The summed E-state index contributed by atoms with van der Waals surface area (Å²) in [6.07, 6.45) is 1.91. The first kappa shape index (κ1) is 16.3. The summed E-state index contributed by atoms with van der Waals surface area (Å²) in [7, 11) is 0. The van der Waals surface area contributed by atoms with Crippen LogP contribution >= 0.6 is 0 Å². The molecular weight excluding hydrogens is 276 g/mol. The Morgan fingerprint density at radius 2 is 1.91 bits per heavy atom. The molecule has 118 valence electrons. The third kappa shape index (κ3) is 3.56. The minimum atomic E-state index is -0.372. The fourth-order valence-electron chi connectivity index (χ4n) is 2.44. The lowest BCUT2D eigenvalue weighted by molar-refractivity contribution is 0.0917. The maximum absolute atomic E-state index is 12.7. The summed E-state index contributed by atoms with van der Waals surface area (Å²) in [5.74, 6) is -0.312. The zero-order valence-electron chi connectivity index (χ0n) is 13.8. The van der Waals surface area contributed by atoms with Crippen LogP contribution < -0.4 is 10.9 Å². The molecule has 1 aromatic carbocycles. The van der Waals surface area contributed by atoms with Crippen LogP contribution in [0.3, 0.4) is 0 Å². The second kappa shape index (κ2) is 6.34. The van der Waals surface area contributed by atoms with E-state index in [9.17, 15) is 9.59 Å². The molecule has 4 nitrogen and oxygen atoms in total. The lowest BCUT2D eigenvalue weighted by Gasteiger charge is -2.21. The Labute approximate surface area is 131 Å². The molecule has 0 spiro atoms. The summed E-state index contributed by atoms with van der Waals surface area (Å²) in [5, 5.41) is 3.79. The van der Waals surface area contributed by atoms with Gasteiger partial charge in [0.15, 0.2) is 0 Å². The SMILES string of the molecule is CCCCn1c(=O)c(C(=O)NC(C)(C)C)cc2ccccc21. The van der Waals surface area contributed by atoms with Gasteiger partial charge < -0.3 is 9.88 Å². The molecule has 4 heteroatoms. The molecule has 0 radical (unpaired) electrons. The first-order valence-electron chi connectivity index (χ1n) is 7.78. The largest absolute Gasteiger partial charge is 0.347 e. The van der Waals surface area contributed by atoms with Crippen LogP contribution in [0.25, 0.3) is 10.9 Å². The summed E-state index contributed by atoms with van der Waals surface area (Å²) in [6.45, 7) is 8.43. The van der Waals surface area contributed by atoms with Gasteiger partial charge in [0.05, 0.1) is 5.52 Å². The Bertz CT molecular complexity index is 739. The van der Waals surface area contributed by atoms with E-state index in [0.29, 0.717) is 6.54 Å². The van der Waals surface area contributed by atoms with Crippen LogP contribution in [0.1, 0.15) is 50.9 Å². The summed E-state index contributed by atoms with van der Waals surface area (Å²) >= 11 is 0.